The minimum atomic E-state index is -4.74. The van der Waals surface area contributed by atoms with Gasteiger partial charge in [-0.25, -0.2) is 9.79 Å². The van der Waals surface area contributed by atoms with Crippen LogP contribution in [0.25, 0.3) is 0 Å². The molecule has 0 spiro atoms. The number of piperidine rings is 1. The van der Waals surface area contributed by atoms with E-state index in [4.69, 9.17) is 0 Å². The van der Waals surface area contributed by atoms with Crippen LogP contribution in [0.3, 0.4) is 0 Å². The first-order valence-electron chi connectivity index (χ1n) is 13.9. The third-order valence-electron chi connectivity index (χ3n) is 8.12. The summed E-state index contributed by atoms with van der Waals surface area (Å²) in [7, 11) is 0. The molecule has 3 atom stereocenters. The molecule has 0 bridgehead atoms. The Labute approximate surface area is 234 Å². The van der Waals surface area contributed by atoms with Gasteiger partial charge in [0.15, 0.2) is 0 Å². The molecular weight excluding hydrogens is 521 g/mol. The maximum absolute atomic E-state index is 12.7. The van der Waals surface area contributed by atoms with E-state index >= 15 is 0 Å². The number of hydrogen-bond acceptors (Lipinski definition) is 5. The van der Waals surface area contributed by atoms with Gasteiger partial charge in [-0.05, 0) is 61.1 Å². The van der Waals surface area contributed by atoms with Gasteiger partial charge in [0.25, 0.3) is 0 Å². The van der Waals surface area contributed by atoms with Crippen LogP contribution in [0.2, 0.25) is 0 Å². The predicted molar refractivity (Wildman–Crippen MR) is 148 cm³/mol. The number of aliphatic imine (C=N–C) groups is 1. The summed E-state index contributed by atoms with van der Waals surface area (Å²) in [5.74, 6) is 0.353. The Morgan fingerprint density at radius 1 is 1.02 bits per heavy atom. The standard InChI is InChI=1S/C30H39F3N4O3/c1-21(2)26-20-36(17-18-37(26)27(38)19-22-13-15-35(16-14-22)29(39)34-3)28(23-7-5-4-6-8-23)24-9-11-25(12-10-24)40-30(31,32)33/h4-12,21-22,26-28,38H,3,13-20H2,1-2H3/t26-,27?,28?/m1/s1. The molecule has 10 heteroatoms. The van der Waals surface area contributed by atoms with Gasteiger partial charge in [-0.3, -0.25) is 9.80 Å². The maximum atomic E-state index is 12.7. The normalized spacial score (nSPS) is 21.3. The van der Waals surface area contributed by atoms with Crippen molar-refractivity contribution in [1.29, 1.82) is 0 Å². The first-order valence-corrected chi connectivity index (χ1v) is 13.9. The van der Waals surface area contributed by atoms with Crippen molar-refractivity contribution in [2.45, 2.75) is 57.8 Å². The highest BCUT2D eigenvalue weighted by Gasteiger charge is 2.38. The molecule has 0 radical (unpaired) electrons. The molecule has 0 aliphatic carbocycles. The smallest absolute Gasteiger partial charge is 0.406 e. The number of ether oxygens (including phenoxy) is 1. The molecule has 218 valence electrons. The topological polar surface area (TPSA) is 68.6 Å². The quantitative estimate of drug-likeness (QED) is 0.429. The molecule has 4 rings (SSSR count). The highest BCUT2D eigenvalue weighted by molar-refractivity contribution is 5.78. The Kier molecular flexibility index (Phi) is 9.86. The molecule has 0 aromatic heterocycles. The molecular formula is C30H39F3N4O3. The van der Waals surface area contributed by atoms with Gasteiger partial charge >= 0.3 is 12.4 Å². The van der Waals surface area contributed by atoms with Gasteiger partial charge in [-0.2, -0.15) is 0 Å². The lowest BCUT2D eigenvalue weighted by Crippen LogP contribution is -2.59. The molecule has 2 saturated heterocycles. The molecule has 40 heavy (non-hydrogen) atoms. The Balaban J connectivity index is 1.47. The Hall–Kier alpha value is -2.95. The number of rotatable bonds is 8. The van der Waals surface area contributed by atoms with Crippen LogP contribution in [0.1, 0.15) is 50.3 Å². The molecule has 2 fully saturated rings. The van der Waals surface area contributed by atoms with Crippen molar-refractivity contribution in [1.82, 2.24) is 14.7 Å². The number of amides is 2. The number of urea groups is 1. The number of halogens is 3. The fourth-order valence-electron chi connectivity index (χ4n) is 6.04. The average Bonchev–Trinajstić information content (AvgIpc) is 2.93. The van der Waals surface area contributed by atoms with Crippen molar-refractivity contribution >= 4 is 12.7 Å². The molecule has 7 nitrogen and oxygen atoms in total. The van der Waals surface area contributed by atoms with Crippen molar-refractivity contribution in [3.8, 4) is 5.75 Å². The number of benzene rings is 2. The van der Waals surface area contributed by atoms with Gasteiger partial charge in [0.1, 0.15) is 12.0 Å². The van der Waals surface area contributed by atoms with E-state index in [-0.39, 0.29) is 29.8 Å². The Morgan fingerprint density at radius 2 is 1.65 bits per heavy atom. The highest BCUT2D eigenvalue weighted by atomic mass is 19.4. The average molecular weight is 561 g/mol. The van der Waals surface area contributed by atoms with Crippen LogP contribution < -0.4 is 4.74 Å². The second-order valence-electron chi connectivity index (χ2n) is 11.1. The Morgan fingerprint density at radius 3 is 2.23 bits per heavy atom. The number of aliphatic hydroxyl groups is 1. The van der Waals surface area contributed by atoms with Gasteiger partial charge in [0.2, 0.25) is 0 Å². The number of aliphatic hydroxyl groups excluding tert-OH is 1. The fourth-order valence-corrected chi connectivity index (χ4v) is 6.04. The summed E-state index contributed by atoms with van der Waals surface area (Å²) in [5, 5.41) is 11.3. The van der Waals surface area contributed by atoms with Gasteiger partial charge in [-0.15, -0.1) is 13.2 Å². The van der Waals surface area contributed by atoms with Gasteiger partial charge in [0.05, 0.1) is 6.04 Å². The lowest BCUT2D eigenvalue weighted by atomic mass is 9.90. The first kappa shape index (κ1) is 30.0. The van der Waals surface area contributed by atoms with Gasteiger partial charge in [-0.1, -0.05) is 56.3 Å². The fraction of sp³-hybridized carbons (Fsp3) is 0.533. The van der Waals surface area contributed by atoms with E-state index in [1.54, 1.807) is 17.0 Å². The molecule has 2 aliphatic heterocycles. The summed E-state index contributed by atoms with van der Waals surface area (Å²) in [6.07, 6.45) is -3.02. The van der Waals surface area contributed by atoms with Gasteiger partial charge in [0, 0.05) is 38.8 Å². The monoisotopic (exact) mass is 560 g/mol. The number of nitrogens with zero attached hydrogens (tertiary/aromatic N) is 4. The number of likely N-dealkylation sites (tertiary alicyclic amines) is 1. The van der Waals surface area contributed by atoms with Crippen molar-refractivity contribution < 1.29 is 27.8 Å². The van der Waals surface area contributed by atoms with E-state index in [2.05, 4.69) is 40.1 Å². The van der Waals surface area contributed by atoms with Crippen molar-refractivity contribution in [2.75, 3.05) is 32.7 Å². The molecule has 2 aromatic rings. The predicted octanol–water partition coefficient (Wildman–Crippen LogP) is 5.56. The summed E-state index contributed by atoms with van der Waals surface area (Å²) in [6.45, 7) is 10.9. The van der Waals surface area contributed by atoms with E-state index in [1.807, 2.05) is 30.3 Å². The van der Waals surface area contributed by atoms with E-state index in [9.17, 15) is 23.1 Å². The van der Waals surface area contributed by atoms with E-state index < -0.39 is 12.6 Å². The number of carbonyl (C=O) groups excluding carboxylic acids is 1. The van der Waals surface area contributed by atoms with Crippen LogP contribution in [-0.4, -0.2) is 83.9 Å². The largest absolute Gasteiger partial charge is 0.573 e. The number of carbonyl (C=O) groups is 1. The molecule has 2 unspecified atom stereocenters. The summed E-state index contributed by atoms with van der Waals surface area (Å²) >= 11 is 0. The lowest BCUT2D eigenvalue weighted by molar-refractivity contribution is -0.274. The number of alkyl halides is 3. The summed E-state index contributed by atoms with van der Waals surface area (Å²) in [4.78, 5) is 21.6. The van der Waals surface area contributed by atoms with Crippen LogP contribution >= 0.6 is 0 Å². The highest BCUT2D eigenvalue weighted by Crippen LogP contribution is 2.35. The summed E-state index contributed by atoms with van der Waals surface area (Å²) in [6, 6.07) is 15.7. The summed E-state index contributed by atoms with van der Waals surface area (Å²) < 4.78 is 42.2. The lowest BCUT2D eigenvalue weighted by Gasteiger charge is -2.48. The zero-order chi connectivity index (χ0) is 28.9. The molecule has 1 N–H and O–H groups in total. The zero-order valence-corrected chi connectivity index (χ0v) is 23.1. The number of piperazine rings is 1. The van der Waals surface area contributed by atoms with Gasteiger partial charge < -0.3 is 14.7 Å². The van der Waals surface area contributed by atoms with Crippen molar-refractivity contribution in [3.63, 3.8) is 0 Å². The number of hydrogen-bond donors (Lipinski definition) is 1. The molecule has 2 aliphatic rings. The van der Waals surface area contributed by atoms with Crippen molar-refractivity contribution in [3.05, 3.63) is 65.7 Å². The molecule has 2 heterocycles. The third-order valence-corrected chi connectivity index (χ3v) is 8.12. The summed E-state index contributed by atoms with van der Waals surface area (Å²) in [5.41, 5.74) is 1.94. The van der Waals surface area contributed by atoms with Crippen LogP contribution in [0.5, 0.6) is 5.75 Å². The SMILES string of the molecule is C=NC(=O)N1CCC(CC(O)N2CCN(C(c3ccccc3)c3ccc(OC(F)(F)F)cc3)C[C@@H]2C(C)C)CC1. The minimum Gasteiger partial charge on any atom is -0.406 e. The third kappa shape index (κ3) is 7.62. The van der Waals surface area contributed by atoms with Crippen LogP contribution in [-0.2, 0) is 0 Å². The van der Waals surface area contributed by atoms with Crippen LogP contribution in [0.15, 0.2) is 59.6 Å². The second-order valence-corrected chi connectivity index (χ2v) is 11.1. The first-order chi connectivity index (χ1) is 19.1. The van der Waals surface area contributed by atoms with Crippen LogP contribution in [0.4, 0.5) is 18.0 Å². The van der Waals surface area contributed by atoms with E-state index in [0.29, 0.717) is 45.1 Å². The zero-order valence-electron chi connectivity index (χ0n) is 23.1. The van der Waals surface area contributed by atoms with Crippen LogP contribution in [0, 0.1) is 11.8 Å². The molecule has 2 aromatic carbocycles. The molecule has 2 amide bonds. The molecule has 0 saturated carbocycles. The van der Waals surface area contributed by atoms with E-state index in [1.165, 1.54) is 12.1 Å². The van der Waals surface area contributed by atoms with E-state index in [0.717, 1.165) is 24.0 Å². The van der Waals surface area contributed by atoms with Crippen molar-refractivity contribution in [2.24, 2.45) is 16.8 Å². The minimum absolute atomic E-state index is 0.0921. The second kappa shape index (κ2) is 13.1. The Bertz CT molecular complexity index is 1110. The maximum Gasteiger partial charge on any atom is 0.573 e.